The lowest BCUT2D eigenvalue weighted by atomic mass is 10.1. The second-order valence-electron chi connectivity index (χ2n) is 5.39. The predicted molar refractivity (Wildman–Crippen MR) is 76.2 cm³/mol. The second kappa shape index (κ2) is 5.00. The first-order valence-corrected chi connectivity index (χ1v) is 7.00. The van der Waals surface area contributed by atoms with Crippen LogP contribution in [0.2, 0.25) is 0 Å². The summed E-state index contributed by atoms with van der Waals surface area (Å²) in [6, 6.07) is 2.08. The van der Waals surface area contributed by atoms with Crippen molar-refractivity contribution in [1.82, 2.24) is 18.9 Å². The molecule has 1 fully saturated rings. The van der Waals surface area contributed by atoms with Gasteiger partial charge in [-0.05, 0) is 0 Å². The molecule has 0 radical (unpaired) electrons. The first-order chi connectivity index (χ1) is 11.2. The monoisotopic (exact) mass is 315 g/mol. The van der Waals surface area contributed by atoms with Crippen LogP contribution in [-0.2, 0) is 4.74 Å². The zero-order valence-electron chi connectivity index (χ0n) is 11.8. The Labute approximate surface area is 129 Å². The van der Waals surface area contributed by atoms with Crippen LogP contribution in [0.1, 0.15) is 11.8 Å². The highest BCUT2D eigenvalue weighted by Crippen LogP contribution is 2.34. The highest BCUT2D eigenvalue weighted by Gasteiger charge is 2.44. The van der Waals surface area contributed by atoms with Gasteiger partial charge in [0, 0.05) is 18.6 Å². The van der Waals surface area contributed by atoms with Crippen molar-refractivity contribution < 1.29 is 20.1 Å². The maximum Gasteiger partial charge on any atom is 0.164 e. The Morgan fingerprint density at radius 3 is 2.78 bits per heavy atom. The minimum absolute atomic E-state index is 0.335. The molecule has 118 valence electrons. The minimum atomic E-state index is -1.24. The zero-order valence-corrected chi connectivity index (χ0v) is 11.8. The number of nitriles is 1. The average molecular weight is 315 g/mol. The van der Waals surface area contributed by atoms with Crippen LogP contribution in [-0.4, -0.2) is 59.2 Å². The number of imidazole rings is 1. The summed E-state index contributed by atoms with van der Waals surface area (Å²) in [5.41, 5.74) is 1.31. The lowest BCUT2D eigenvalue weighted by Gasteiger charge is -2.17. The van der Waals surface area contributed by atoms with Gasteiger partial charge >= 0.3 is 0 Å². The Hall–Kier alpha value is -2.51. The van der Waals surface area contributed by atoms with Gasteiger partial charge in [-0.3, -0.25) is 4.40 Å². The number of nitrogens with zero attached hydrogens (tertiary/aromatic N) is 5. The fraction of sp³-hybridized carbons (Fsp3) is 0.357. The van der Waals surface area contributed by atoms with E-state index in [1.165, 1.54) is 10.8 Å². The van der Waals surface area contributed by atoms with Crippen molar-refractivity contribution in [2.24, 2.45) is 0 Å². The Balaban J connectivity index is 1.93. The number of aliphatic hydroxyl groups is 3. The summed E-state index contributed by atoms with van der Waals surface area (Å²) in [4.78, 5) is 8.53. The maximum atomic E-state index is 10.2. The van der Waals surface area contributed by atoms with Crippen LogP contribution in [0.5, 0.6) is 0 Å². The molecule has 1 aliphatic rings. The van der Waals surface area contributed by atoms with Gasteiger partial charge in [-0.2, -0.15) is 5.26 Å². The normalized spacial score (nSPS) is 27.7. The fourth-order valence-corrected chi connectivity index (χ4v) is 2.97. The second-order valence-corrected chi connectivity index (χ2v) is 5.39. The molecule has 1 saturated heterocycles. The summed E-state index contributed by atoms with van der Waals surface area (Å²) < 4.78 is 8.69. The van der Waals surface area contributed by atoms with E-state index in [1.807, 2.05) is 0 Å². The highest BCUT2D eigenvalue weighted by molar-refractivity contribution is 5.95. The van der Waals surface area contributed by atoms with Gasteiger partial charge in [0.15, 0.2) is 6.23 Å². The molecular formula is C14H13N5O4. The number of hydrogen-bond donors (Lipinski definition) is 3. The van der Waals surface area contributed by atoms with E-state index >= 15 is 0 Å². The molecule has 0 aliphatic carbocycles. The quantitative estimate of drug-likeness (QED) is 0.562. The Bertz CT molecular complexity index is 926. The molecular weight excluding hydrogens is 302 g/mol. The summed E-state index contributed by atoms with van der Waals surface area (Å²) in [5, 5.41) is 39.2. The smallest absolute Gasteiger partial charge is 0.164 e. The molecule has 0 aromatic carbocycles. The number of aliphatic hydroxyl groups excluding tert-OH is 3. The SMILES string of the molecule is N#Cc1cn(C2OC(CO)C(O)C2O)c2ncn3ccnc3c12. The minimum Gasteiger partial charge on any atom is -0.394 e. The molecule has 0 bridgehead atoms. The molecule has 4 unspecified atom stereocenters. The number of ether oxygens (including phenoxy) is 1. The number of aromatic nitrogens is 4. The lowest BCUT2D eigenvalue weighted by Crippen LogP contribution is -2.33. The van der Waals surface area contributed by atoms with Gasteiger partial charge in [0.1, 0.15) is 42.0 Å². The van der Waals surface area contributed by atoms with Crippen molar-refractivity contribution in [1.29, 1.82) is 5.26 Å². The molecule has 4 atom stereocenters. The summed E-state index contributed by atoms with van der Waals surface area (Å²) >= 11 is 0. The van der Waals surface area contributed by atoms with Gasteiger partial charge in [0.2, 0.25) is 0 Å². The van der Waals surface area contributed by atoms with E-state index in [2.05, 4.69) is 16.0 Å². The molecule has 1 aliphatic heterocycles. The van der Waals surface area contributed by atoms with Crippen molar-refractivity contribution in [3.63, 3.8) is 0 Å². The van der Waals surface area contributed by atoms with E-state index in [-0.39, 0.29) is 0 Å². The van der Waals surface area contributed by atoms with Crippen molar-refractivity contribution >= 4 is 16.7 Å². The molecule has 23 heavy (non-hydrogen) atoms. The van der Waals surface area contributed by atoms with Crippen LogP contribution in [0.4, 0.5) is 0 Å². The summed E-state index contributed by atoms with van der Waals surface area (Å²) in [6.45, 7) is -0.420. The molecule has 0 saturated carbocycles. The molecule has 9 heteroatoms. The van der Waals surface area contributed by atoms with Crippen molar-refractivity contribution in [2.45, 2.75) is 24.5 Å². The van der Waals surface area contributed by atoms with E-state index in [4.69, 9.17) is 4.74 Å². The van der Waals surface area contributed by atoms with Crippen LogP contribution >= 0.6 is 0 Å². The number of fused-ring (bicyclic) bond motifs is 3. The number of rotatable bonds is 2. The topological polar surface area (TPSA) is 129 Å². The Morgan fingerprint density at radius 2 is 2.09 bits per heavy atom. The van der Waals surface area contributed by atoms with Gasteiger partial charge in [-0.15, -0.1) is 0 Å². The predicted octanol–water partition coefficient (Wildman–Crippen LogP) is -0.833. The third-order valence-electron chi connectivity index (χ3n) is 4.11. The van der Waals surface area contributed by atoms with Crippen molar-refractivity contribution in [2.75, 3.05) is 6.61 Å². The summed E-state index contributed by atoms with van der Waals surface area (Å²) in [7, 11) is 0. The average Bonchev–Trinajstić information content (AvgIpc) is 3.24. The van der Waals surface area contributed by atoms with Crippen LogP contribution < -0.4 is 0 Å². The molecule has 0 spiro atoms. The summed E-state index contributed by atoms with van der Waals surface area (Å²) in [5.74, 6) is 0. The van der Waals surface area contributed by atoms with Crippen LogP contribution in [0, 0.1) is 11.3 Å². The van der Waals surface area contributed by atoms with Crippen molar-refractivity contribution in [3.8, 4) is 6.07 Å². The van der Waals surface area contributed by atoms with Gasteiger partial charge in [-0.25, -0.2) is 9.97 Å². The van der Waals surface area contributed by atoms with Crippen LogP contribution in [0.15, 0.2) is 24.9 Å². The Kier molecular flexibility index (Phi) is 3.07. The van der Waals surface area contributed by atoms with Gasteiger partial charge in [0.05, 0.1) is 17.6 Å². The number of hydrogen-bond acceptors (Lipinski definition) is 7. The van der Waals surface area contributed by atoms with E-state index in [0.29, 0.717) is 22.2 Å². The zero-order chi connectivity index (χ0) is 16.1. The van der Waals surface area contributed by atoms with Crippen molar-refractivity contribution in [3.05, 3.63) is 30.5 Å². The lowest BCUT2D eigenvalue weighted by molar-refractivity contribution is -0.0508. The standard InChI is InChI=1S/C14H13N5O4/c15-3-7-4-19(14-11(22)10(21)8(5-20)23-14)13-9(7)12-16-1-2-18(12)6-17-13/h1-2,4,6,8,10-11,14,20-22H,5H2. The molecule has 3 aromatic heterocycles. The van der Waals surface area contributed by atoms with Crippen LogP contribution in [0.3, 0.4) is 0 Å². The van der Waals surface area contributed by atoms with E-state index < -0.39 is 31.1 Å². The fourth-order valence-electron chi connectivity index (χ4n) is 2.97. The first-order valence-electron chi connectivity index (χ1n) is 7.00. The van der Waals surface area contributed by atoms with E-state index in [0.717, 1.165) is 0 Å². The van der Waals surface area contributed by atoms with E-state index in [9.17, 15) is 20.6 Å². The highest BCUT2D eigenvalue weighted by atomic mass is 16.6. The van der Waals surface area contributed by atoms with E-state index in [1.54, 1.807) is 23.1 Å². The third kappa shape index (κ3) is 1.87. The molecule has 0 amide bonds. The summed E-state index contributed by atoms with van der Waals surface area (Å²) in [6.07, 6.45) is 2.06. The molecule has 4 heterocycles. The molecule has 3 aromatic rings. The van der Waals surface area contributed by atoms with Gasteiger partial charge in [0.25, 0.3) is 0 Å². The third-order valence-corrected chi connectivity index (χ3v) is 4.11. The Morgan fingerprint density at radius 1 is 1.26 bits per heavy atom. The van der Waals surface area contributed by atoms with Gasteiger partial charge in [-0.1, -0.05) is 0 Å². The molecule has 3 N–H and O–H groups in total. The molecule has 4 rings (SSSR count). The van der Waals surface area contributed by atoms with Crippen LogP contribution in [0.25, 0.3) is 16.7 Å². The first kappa shape index (κ1) is 14.1. The largest absolute Gasteiger partial charge is 0.394 e. The maximum absolute atomic E-state index is 10.2. The van der Waals surface area contributed by atoms with Gasteiger partial charge < -0.3 is 24.6 Å². The molecule has 9 nitrogen and oxygen atoms in total.